The number of methoxy groups -OCH3 is 1. The van der Waals surface area contributed by atoms with Crippen LogP contribution < -0.4 is 15.8 Å². The van der Waals surface area contributed by atoms with E-state index in [0.29, 0.717) is 0 Å². The third kappa shape index (κ3) is 2.77. The molecule has 2 rings (SSSR count). The number of benzene rings is 1. The molecule has 1 aliphatic rings. The molecule has 1 atom stereocenters. The van der Waals surface area contributed by atoms with Crippen molar-refractivity contribution in [2.24, 2.45) is 5.73 Å². The second kappa shape index (κ2) is 4.80. The first-order chi connectivity index (χ1) is 8.81. The van der Waals surface area contributed by atoms with E-state index in [4.69, 9.17) is 10.5 Å². The summed E-state index contributed by atoms with van der Waals surface area (Å²) < 4.78 is 5.49. The Balaban J connectivity index is 2.42. The minimum atomic E-state index is -0.0709. The van der Waals surface area contributed by atoms with Gasteiger partial charge in [0.1, 0.15) is 5.75 Å². The second-order valence-electron chi connectivity index (χ2n) is 6.66. The van der Waals surface area contributed by atoms with Gasteiger partial charge in [-0.05, 0) is 48.6 Å². The summed E-state index contributed by atoms with van der Waals surface area (Å²) in [7, 11) is 3.71. The van der Waals surface area contributed by atoms with Crippen molar-refractivity contribution in [2.75, 3.05) is 14.2 Å². The molecule has 106 valence electrons. The fourth-order valence-corrected chi connectivity index (χ4v) is 2.71. The van der Waals surface area contributed by atoms with E-state index in [1.165, 1.54) is 11.1 Å². The quantitative estimate of drug-likeness (QED) is 0.877. The highest BCUT2D eigenvalue weighted by atomic mass is 16.5. The van der Waals surface area contributed by atoms with Gasteiger partial charge in [-0.2, -0.15) is 0 Å². The summed E-state index contributed by atoms with van der Waals surface area (Å²) in [5.41, 5.74) is 8.85. The average Bonchev–Trinajstić information content (AvgIpc) is 3.07. The number of hydrogen-bond acceptors (Lipinski definition) is 3. The maximum absolute atomic E-state index is 6.37. The Hall–Kier alpha value is -1.06. The van der Waals surface area contributed by atoms with Crippen LogP contribution in [0.2, 0.25) is 0 Å². The molecule has 1 fully saturated rings. The zero-order chi connectivity index (χ0) is 14.3. The molecule has 1 aromatic carbocycles. The van der Waals surface area contributed by atoms with Crippen molar-refractivity contribution in [3.8, 4) is 5.75 Å². The maximum atomic E-state index is 6.37. The number of ether oxygens (including phenoxy) is 1. The predicted molar refractivity (Wildman–Crippen MR) is 79.6 cm³/mol. The van der Waals surface area contributed by atoms with Crippen LogP contribution in [-0.2, 0) is 5.41 Å². The second-order valence-corrected chi connectivity index (χ2v) is 6.66. The van der Waals surface area contributed by atoms with Gasteiger partial charge >= 0.3 is 0 Å². The van der Waals surface area contributed by atoms with E-state index in [-0.39, 0.29) is 17.0 Å². The first-order valence-electron chi connectivity index (χ1n) is 6.96. The number of nitrogens with two attached hydrogens (primary N) is 1. The molecule has 0 aliphatic heterocycles. The smallest absolute Gasteiger partial charge is 0.122 e. The molecule has 3 N–H and O–H groups in total. The molecule has 0 radical (unpaired) electrons. The van der Waals surface area contributed by atoms with Crippen LogP contribution in [0.5, 0.6) is 5.75 Å². The number of hydrogen-bond donors (Lipinski definition) is 2. The lowest BCUT2D eigenvalue weighted by atomic mass is 9.83. The minimum Gasteiger partial charge on any atom is -0.496 e. The summed E-state index contributed by atoms with van der Waals surface area (Å²) in [6.45, 7) is 6.62. The van der Waals surface area contributed by atoms with Crippen LogP contribution >= 0.6 is 0 Å². The standard InChI is InChI=1S/C16H26N2O/c1-15(2,3)12-10-11(6-7-13(12)19-5)14(18-4)16(17)8-9-16/h6-7,10,14,18H,8-9,17H2,1-5H3. The molecule has 1 unspecified atom stereocenters. The predicted octanol–water partition coefficient (Wildman–Crippen LogP) is 2.74. The van der Waals surface area contributed by atoms with E-state index >= 15 is 0 Å². The molecule has 1 aliphatic carbocycles. The van der Waals surface area contributed by atoms with Crippen molar-refractivity contribution in [3.05, 3.63) is 29.3 Å². The molecule has 0 heterocycles. The van der Waals surface area contributed by atoms with Crippen LogP contribution in [0.3, 0.4) is 0 Å². The van der Waals surface area contributed by atoms with Crippen molar-refractivity contribution >= 4 is 0 Å². The van der Waals surface area contributed by atoms with Crippen molar-refractivity contribution in [1.82, 2.24) is 5.32 Å². The van der Waals surface area contributed by atoms with Gasteiger partial charge in [0.25, 0.3) is 0 Å². The summed E-state index contributed by atoms with van der Waals surface area (Å²) in [5.74, 6) is 0.952. The Kier molecular flexibility index (Phi) is 3.63. The molecule has 1 saturated carbocycles. The zero-order valence-electron chi connectivity index (χ0n) is 12.7. The number of likely N-dealkylation sites (N-methyl/N-ethyl adjacent to an activating group) is 1. The largest absolute Gasteiger partial charge is 0.496 e. The van der Waals surface area contributed by atoms with Crippen LogP contribution in [0, 0.1) is 0 Å². The van der Waals surface area contributed by atoms with E-state index in [2.05, 4.69) is 44.3 Å². The first kappa shape index (κ1) is 14.4. The van der Waals surface area contributed by atoms with Crippen LogP contribution in [0.4, 0.5) is 0 Å². The summed E-state index contributed by atoms with van der Waals surface area (Å²) >= 11 is 0. The monoisotopic (exact) mass is 262 g/mol. The van der Waals surface area contributed by atoms with Crippen molar-refractivity contribution < 1.29 is 4.74 Å². The summed E-state index contributed by atoms with van der Waals surface area (Å²) in [6, 6.07) is 6.65. The zero-order valence-corrected chi connectivity index (χ0v) is 12.7. The summed E-state index contributed by atoms with van der Waals surface area (Å²) in [5, 5.41) is 3.37. The van der Waals surface area contributed by atoms with Crippen LogP contribution in [0.25, 0.3) is 0 Å². The topological polar surface area (TPSA) is 47.3 Å². The number of rotatable bonds is 4. The fraction of sp³-hybridized carbons (Fsp3) is 0.625. The van der Waals surface area contributed by atoms with Gasteiger partial charge in [0, 0.05) is 5.54 Å². The van der Waals surface area contributed by atoms with E-state index in [0.717, 1.165) is 18.6 Å². The molecule has 0 saturated heterocycles. The molecule has 1 aromatic rings. The molecule has 0 amide bonds. The van der Waals surface area contributed by atoms with E-state index in [1.807, 2.05) is 7.05 Å². The van der Waals surface area contributed by atoms with Gasteiger partial charge in [0.05, 0.1) is 13.2 Å². The van der Waals surface area contributed by atoms with Gasteiger partial charge in [-0.15, -0.1) is 0 Å². The Labute approximate surface area is 116 Å². The highest BCUT2D eigenvalue weighted by molar-refractivity contribution is 5.43. The summed E-state index contributed by atoms with van der Waals surface area (Å²) in [6.07, 6.45) is 2.19. The van der Waals surface area contributed by atoms with Crippen molar-refractivity contribution in [2.45, 2.75) is 50.6 Å². The Morgan fingerprint density at radius 2 is 1.95 bits per heavy atom. The van der Waals surface area contributed by atoms with Gasteiger partial charge in [-0.25, -0.2) is 0 Å². The van der Waals surface area contributed by atoms with Crippen molar-refractivity contribution in [3.63, 3.8) is 0 Å². The van der Waals surface area contributed by atoms with Crippen LogP contribution in [0.1, 0.15) is 50.8 Å². The lowest BCUT2D eigenvalue weighted by Crippen LogP contribution is -2.38. The molecule has 3 heteroatoms. The van der Waals surface area contributed by atoms with Gasteiger partial charge in [-0.3, -0.25) is 0 Å². The Morgan fingerprint density at radius 1 is 1.32 bits per heavy atom. The van der Waals surface area contributed by atoms with Crippen molar-refractivity contribution in [1.29, 1.82) is 0 Å². The lowest BCUT2D eigenvalue weighted by molar-refractivity contribution is 0.395. The van der Waals surface area contributed by atoms with E-state index in [9.17, 15) is 0 Å². The molecular weight excluding hydrogens is 236 g/mol. The fourth-order valence-electron chi connectivity index (χ4n) is 2.71. The third-order valence-electron chi connectivity index (χ3n) is 4.06. The van der Waals surface area contributed by atoms with Gasteiger partial charge in [-0.1, -0.05) is 26.8 Å². The molecule has 0 spiro atoms. The molecule has 0 aromatic heterocycles. The molecule has 0 bridgehead atoms. The van der Waals surface area contributed by atoms with Gasteiger partial charge < -0.3 is 15.8 Å². The van der Waals surface area contributed by atoms with Gasteiger partial charge in [0.2, 0.25) is 0 Å². The molecule has 3 nitrogen and oxygen atoms in total. The highest BCUT2D eigenvalue weighted by Gasteiger charge is 2.46. The maximum Gasteiger partial charge on any atom is 0.122 e. The SMILES string of the molecule is CNC(c1ccc(OC)c(C(C)(C)C)c1)C1(N)CC1. The first-order valence-corrected chi connectivity index (χ1v) is 6.96. The Morgan fingerprint density at radius 3 is 2.37 bits per heavy atom. The van der Waals surface area contributed by atoms with Crippen LogP contribution in [0.15, 0.2) is 18.2 Å². The van der Waals surface area contributed by atoms with E-state index in [1.54, 1.807) is 7.11 Å². The van der Waals surface area contributed by atoms with E-state index < -0.39 is 0 Å². The average molecular weight is 262 g/mol. The van der Waals surface area contributed by atoms with Crippen LogP contribution in [-0.4, -0.2) is 19.7 Å². The minimum absolute atomic E-state index is 0.0605. The molecular formula is C16H26N2O. The number of nitrogens with one attached hydrogen (secondary N) is 1. The van der Waals surface area contributed by atoms with Gasteiger partial charge in [0.15, 0.2) is 0 Å². The Bertz CT molecular complexity index is 458. The molecule has 19 heavy (non-hydrogen) atoms. The lowest BCUT2D eigenvalue weighted by Gasteiger charge is -2.27. The summed E-state index contributed by atoms with van der Waals surface area (Å²) in [4.78, 5) is 0. The highest BCUT2D eigenvalue weighted by Crippen LogP contribution is 2.44. The normalized spacial score (nSPS) is 19.1. The third-order valence-corrected chi connectivity index (χ3v) is 4.06.